The highest BCUT2D eigenvalue weighted by Crippen LogP contribution is 2.41. The number of carbonyl (C=O) groups excluding carboxylic acids is 2. The van der Waals surface area contributed by atoms with Crippen LogP contribution >= 0.6 is 24.8 Å². The molecule has 0 amide bonds. The minimum atomic E-state index is -1.24. The van der Waals surface area contributed by atoms with Crippen molar-refractivity contribution in [3.05, 3.63) is 57.6 Å². The monoisotopic (exact) mass is 590 g/mol. The maximum Gasteiger partial charge on any atom is 0.131 e. The van der Waals surface area contributed by atoms with Crippen molar-refractivity contribution in [3.63, 3.8) is 0 Å². The summed E-state index contributed by atoms with van der Waals surface area (Å²) in [5, 5.41) is 24.0. The first-order valence-corrected chi connectivity index (χ1v) is 14.4. The van der Waals surface area contributed by atoms with Gasteiger partial charge in [0.2, 0.25) is 0 Å². The maximum atomic E-state index is 12.6. The van der Waals surface area contributed by atoms with Crippen LogP contribution in [0.2, 0.25) is 0 Å². The van der Waals surface area contributed by atoms with Crippen LogP contribution in [0.4, 0.5) is 0 Å². The van der Waals surface area contributed by atoms with Gasteiger partial charge in [-0.3, -0.25) is 0 Å². The summed E-state index contributed by atoms with van der Waals surface area (Å²) in [4.78, 5) is 29.0. The van der Waals surface area contributed by atoms with Gasteiger partial charge in [-0.2, -0.15) is 0 Å². The summed E-state index contributed by atoms with van der Waals surface area (Å²) < 4.78 is 6.27. The quantitative estimate of drug-likeness (QED) is 0.354. The van der Waals surface area contributed by atoms with Crippen LogP contribution in [0.5, 0.6) is 11.5 Å². The average molecular weight is 592 g/mol. The first-order valence-electron chi connectivity index (χ1n) is 14.4. The van der Waals surface area contributed by atoms with E-state index in [2.05, 4.69) is 9.80 Å². The number of hydrogen-bond acceptors (Lipinski definition) is 7. The Morgan fingerprint density at radius 3 is 1.93 bits per heavy atom. The Bertz CT molecular complexity index is 1180. The maximum absolute atomic E-state index is 12.6. The molecule has 0 aliphatic carbocycles. The van der Waals surface area contributed by atoms with Gasteiger partial charge in [-0.05, 0) is 137 Å². The number of benzene rings is 2. The minimum absolute atomic E-state index is 0. The third-order valence-corrected chi connectivity index (χ3v) is 8.40. The zero-order valence-corrected chi connectivity index (χ0v) is 24.7. The molecule has 2 aromatic carbocycles. The molecule has 220 valence electrons. The van der Waals surface area contributed by atoms with Crippen LogP contribution in [0, 0.1) is 0 Å². The van der Waals surface area contributed by atoms with E-state index in [1.165, 1.54) is 44.6 Å². The fraction of sp³-hybridized carbons (Fsp3) is 0.548. The lowest BCUT2D eigenvalue weighted by molar-refractivity contribution is -0.256. The Morgan fingerprint density at radius 2 is 1.35 bits per heavy atom. The molecule has 0 atom stereocenters. The van der Waals surface area contributed by atoms with Crippen LogP contribution < -0.4 is 14.9 Å². The fourth-order valence-corrected chi connectivity index (χ4v) is 6.41. The number of fused-ring (bicyclic) bond motifs is 2. The number of halogens is 2. The largest absolute Gasteiger partial charge is 0.545 e. The van der Waals surface area contributed by atoms with Crippen LogP contribution in [0.15, 0.2) is 24.3 Å². The molecule has 2 fully saturated rings. The van der Waals surface area contributed by atoms with Gasteiger partial charge in [-0.25, -0.2) is 0 Å². The molecule has 7 nitrogen and oxygen atoms in total. The Balaban J connectivity index is 0.00000220. The second-order valence-electron chi connectivity index (χ2n) is 11.1. The normalized spacial score (nSPS) is 17.0. The van der Waals surface area contributed by atoms with E-state index in [-0.39, 0.29) is 30.4 Å². The molecule has 0 N–H and O–H groups in total. The average Bonchev–Trinajstić information content (AvgIpc) is 2.92. The molecule has 40 heavy (non-hydrogen) atoms. The van der Waals surface area contributed by atoms with Crippen molar-refractivity contribution in [1.29, 1.82) is 0 Å². The summed E-state index contributed by atoms with van der Waals surface area (Å²) in [6, 6.07) is 6.63. The third-order valence-electron chi connectivity index (χ3n) is 8.40. The number of carbonyl (C=O) groups is 2. The number of aromatic carboxylic acids is 2. The van der Waals surface area contributed by atoms with Crippen molar-refractivity contribution in [3.8, 4) is 11.5 Å². The Morgan fingerprint density at radius 1 is 0.750 bits per heavy atom. The van der Waals surface area contributed by atoms with E-state index in [1.54, 1.807) is 12.1 Å². The number of likely N-dealkylation sites (tertiary alicyclic amines) is 2. The molecular formula is C31H40Cl2N2O5-2. The van der Waals surface area contributed by atoms with E-state index in [0.717, 1.165) is 74.4 Å². The third kappa shape index (κ3) is 7.69. The van der Waals surface area contributed by atoms with E-state index in [4.69, 9.17) is 4.74 Å². The summed E-state index contributed by atoms with van der Waals surface area (Å²) in [5.74, 6) is -1.07. The number of carboxylic acids is 2. The molecule has 5 rings (SSSR count). The number of rotatable bonds is 10. The van der Waals surface area contributed by atoms with Gasteiger partial charge in [0.05, 0.1) is 11.9 Å². The summed E-state index contributed by atoms with van der Waals surface area (Å²) >= 11 is 0. The lowest BCUT2D eigenvalue weighted by Crippen LogP contribution is -2.32. The number of aryl methyl sites for hydroxylation is 1. The van der Waals surface area contributed by atoms with Crippen molar-refractivity contribution in [2.75, 3.05) is 39.3 Å². The van der Waals surface area contributed by atoms with E-state index >= 15 is 0 Å². The molecule has 0 aromatic heterocycles. The van der Waals surface area contributed by atoms with Crippen LogP contribution in [0.3, 0.4) is 0 Å². The van der Waals surface area contributed by atoms with Crippen LogP contribution in [0.1, 0.15) is 94.3 Å². The molecule has 0 unspecified atom stereocenters. The molecule has 3 aliphatic rings. The van der Waals surface area contributed by atoms with Crippen LogP contribution in [-0.4, -0.2) is 61.0 Å². The second-order valence-corrected chi connectivity index (χ2v) is 11.1. The van der Waals surface area contributed by atoms with E-state index in [1.807, 2.05) is 6.07 Å². The molecule has 0 bridgehead atoms. The highest BCUT2D eigenvalue weighted by Gasteiger charge is 2.25. The van der Waals surface area contributed by atoms with E-state index in [0.29, 0.717) is 36.3 Å². The molecule has 0 radical (unpaired) electrons. The number of ether oxygens (including phenoxy) is 1. The molecule has 0 spiro atoms. The predicted octanol–water partition coefficient (Wildman–Crippen LogP) is 3.79. The lowest BCUT2D eigenvalue weighted by atomic mass is 9.86. The second kappa shape index (κ2) is 15.1. The molecule has 0 saturated carbocycles. The van der Waals surface area contributed by atoms with Gasteiger partial charge in [0.1, 0.15) is 11.5 Å². The first kappa shape index (κ1) is 32.2. The number of carboxylic acid groups (broad SMARTS) is 2. The Hall–Kier alpha value is -2.32. The Labute approximate surface area is 249 Å². The van der Waals surface area contributed by atoms with E-state index in [9.17, 15) is 19.8 Å². The van der Waals surface area contributed by atoms with Crippen molar-refractivity contribution in [2.45, 2.75) is 70.6 Å². The summed E-state index contributed by atoms with van der Waals surface area (Å²) in [6.07, 6.45) is 10.9. The van der Waals surface area contributed by atoms with Gasteiger partial charge >= 0.3 is 0 Å². The number of piperidine rings is 2. The SMILES string of the molecule is Cl.Cl.O=C([O-])c1ccc2c(c1)Cc1c(cc(CCCN3CCCCC3)c(C(=O)[O-])c1CCCN1CCCCC1)O2. The van der Waals surface area contributed by atoms with Gasteiger partial charge < -0.3 is 34.3 Å². The molecule has 3 heterocycles. The van der Waals surface area contributed by atoms with Gasteiger partial charge in [0, 0.05) is 17.5 Å². The van der Waals surface area contributed by atoms with Gasteiger partial charge in [-0.15, -0.1) is 24.8 Å². The number of nitrogens with zero attached hydrogens (tertiary/aromatic N) is 2. The smallest absolute Gasteiger partial charge is 0.131 e. The molecule has 3 aliphatic heterocycles. The summed E-state index contributed by atoms with van der Waals surface area (Å²) in [7, 11) is 0. The highest BCUT2D eigenvalue weighted by molar-refractivity contribution is 5.91. The number of hydrogen-bond donors (Lipinski definition) is 0. The van der Waals surface area contributed by atoms with Gasteiger partial charge in [-0.1, -0.05) is 12.8 Å². The van der Waals surface area contributed by atoms with Crippen molar-refractivity contribution >= 4 is 36.8 Å². The first-order chi connectivity index (χ1) is 18.5. The standard InChI is InChI=1S/C31H40N2O5.2ClH/c34-30(35)23-11-12-27-24(19-23)20-26-25(10-8-18-33-15-5-2-6-16-33)29(31(36)37)22(21-28(26)38-27)9-7-17-32-13-3-1-4-14-32;;/h11-12,19,21H,1-10,13-18,20H2,(H,34,35)(H,36,37);2*1H/p-2. The summed E-state index contributed by atoms with van der Waals surface area (Å²) in [5.41, 5.74) is 3.55. The van der Waals surface area contributed by atoms with Gasteiger partial charge in [0.25, 0.3) is 0 Å². The topological polar surface area (TPSA) is 96.0 Å². The molecule has 2 saturated heterocycles. The Kier molecular flexibility index (Phi) is 12.1. The zero-order chi connectivity index (χ0) is 26.5. The van der Waals surface area contributed by atoms with Crippen molar-refractivity contribution < 1.29 is 24.5 Å². The fourth-order valence-electron chi connectivity index (χ4n) is 6.41. The van der Waals surface area contributed by atoms with Crippen LogP contribution in [0.25, 0.3) is 0 Å². The summed E-state index contributed by atoms with van der Waals surface area (Å²) in [6.45, 7) is 6.34. The molecule has 2 aromatic rings. The highest BCUT2D eigenvalue weighted by atomic mass is 35.5. The minimum Gasteiger partial charge on any atom is -0.545 e. The van der Waals surface area contributed by atoms with Crippen molar-refractivity contribution in [2.24, 2.45) is 0 Å². The van der Waals surface area contributed by atoms with Crippen molar-refractivity contribution in [1.82, 2.24) is 9.80 Å². The van der Waals surface area contributed by atoms with Gasteiger partial charge in [0.15, 0.2) is 0 Å². The lowest BCUT2D eigenvalue weighted by Gasteiger charge is -2.29. The molecular weight excluding hydrogens is 551 g/mol. The van der Waals surface area contributed by atoms with Crippen LogP contribution in [-0.2, 0) is 19.3 Å². The van der Waals surface area contributed by atoms with E-state index < -0.39 is 11.9 Å². The molecule has 9 heteroatoms. The zero-order valence-electron chi connectivity index (χ0n) is 23.1. The predicted molar refractivity (Wildman–Crippen MR) is 156 cm³/mol.